The number of likely N-dealkylation sites (N-methyl/N-ethyl adjacent to an activating group) is 1. The van der Waals surface area contributed by atoms with Gasteiger partial charge in [0.15, 0.2) is 0 Å². The number of hydrogen-bond acceptors (Lipinski definition) is 9. The standard InChI is InChI=1S/C37H44F3N7O3/c1-5-24(2)31-14-13-30(19-33(31)50-16-15-42-25(3)32(41)18-26-9-11-28(12-10-26)37(38,39)40)46-35-20-34(43-23-44-35)45-29-8-6-7-27(17-29)21-47(4)22-36(48)49/h6-14,17,19-20,23-24,32,42H,3,5,15-16,18,21-22,41H2,1-2,4H3,(H,48,49)(H2,43,44,45,46)/t24?,32-/m0/s1. The molecular weight excluding hydrogens is 647 g/mol. The van der Waals surface area contributed by atoms with E-state index in [4.69, 9.17) is 15.6 Å². The Labute approximate surface area is 290 Å². The zero-order chi connectivity index (χ0) is 36.3. The molecule has 0 radical (unpaired) electrons. The van der Waals surface area contributed by atoms with Crippen LogP contribution in [0.15, 0.2) is 91.4 Å². The van der Waals surface area contributed by atoms with Crippen LogP contribution in [-0.4, -0.2) is 58.7 Å². The third-order valence-corrected chi connectivity index (χ3v) is 8.05. The summed E-state index contributed by atoms with van der Waals surface area (Å²) in [7, 11) is 1.76. The Morgan fingerprint density at radius 1 is 1.00 bits per heavy atom. The lowest BCUT2D eigenvalue weighted by atomic mass is 9.97. The van der Waals surface area contributed by atoms with Crippen molar-refractivity contribution in [1.29, 1.82) is 0 Å². The van der Waals surface area contributed by atoms with Crippen molar-refractivity contribution in [2.24, 2.45) is 5.73 Å². The van der Waals surface area contributed by atoms with Gasteiger partial charge in [-0.15, -0.1) is 0 Å². The molecule has 1 aromatic heterocycles. The molecule has 1 unspecified atom stereocenters. The summed E-state index contributed by atoms with van der Waals surface area (Å²) in [5.41, 5.74) is 10.4. The van der Waals surface area contributed by atoms with Crippen molar-refractivity contribution >= 4 is 29.0 Å². The van der Waals surface area contributed by atoms with E-state index in [1.165, 1.54) is 18.5 Å². The van der Waals surface area contributed by atoms with Crippen molar-refractivity contribution < 1.29 is 27.8 Å². The van der Waals surface area contributed by atoms with Crippen molar-refractivity contribution in [3.63, 3.8) is 0 Å². The Morgan fingerprint density at radius 3 is 2.32 bits per heavy atom. The Bertz CT molecular complexity index is 1730. The lowest BCUT2D eigenvalue weighted by Crippen LogP contribution is -2.34. The topological polar surface area (TPSA) is 138 Å². The molecule has 0 fully saturated rings. The van der Waals surface area contributed by atoms with Gasteiger partial charge in [-0.25, -0.2) is 9.97 Å². The number of anilines is 4. The van der Waals surface area contributed by atoms with E-state index in [0.29, 0.717) is 49.0 Å². The summed E-state index contributed by atoms with van der Waals surface area (Å²) >= 11 is 0. The van der Waals surface area contributed by atoms with Gasteiger partial charge in [-0.2, -0.15) is 13.2 Å². The number of carboxylic acids is 1. The second-order valence-corrected chi connectivity index (χ2v) is 12.2. The fourth-order valence-corrected chi connectivity index (χ4v) is 5.21. The molecule has 0 aliphatic rings. The van der Waals surface area contributed by atoms with Gasteiger partial charge in [0.25, 0.3) is 0 Å². The Balaban J connectivity index is 1.34. The average molecular weight is 692 g/mol. The molecule has 1 heterocycles. The summed E-state index contributed by atoms with van der Waals surface area (Å²) in [5.74, 6) is 1.25. The van der Waals surface area contributed by atoms with Gasteiger partial charge in [0.1, 0.15) is 30.3 Å². The Kier molecular flexibility index (Phi) is 13.2. The summed E-state index contributed by atoms with van der Waals surface area (Å²) < 4.78 is 44.8. The predicted molar refractivity (Wildman–Crippen MR) is 190 cm³/mol. The number of aromatic nitrogens is 2. The van der Waals surface area contributed by atoms with E-state index in [2.05, 4.69) is 46.3 Å². The maximum Gasteiger partial charge on any atom is 0.416 e. The van der Waals surface area contributed by atoms with E-state index in [1.807, 2.05) is 42.5 Å². The zero-order valence-corrected chi connectivity index (χ0v) is 28.4. The van der Waals surface area contributed by atoms with Gasteiger partial charge in [-0.05, 0) is 72.8 Å². The molecule has 2 atom stereocenters. The van der Waals surface area contributed by atoms with E-state index in [-0.39, 0.29) is 12.5 Å². The van der Waals surface area contributed by atoms with Crippen molar-refractivity contribution in [3.05, 3.63) is 114 Å². The highest BCUT2D eigenvalue weighted by molar-refractivity contribution is 5.69. The smallest absolute Gasteiger partial charge is 0.416 e. The molecule has 266 valence electrons. The lowest BCUT2D eigenvalue weighted by molar-refractivity contribution is -0.138. The van der Waals surface area contributed by atoms with Crippen molar-refractivity contribution in [3.8, 4) is 5.75 Å². The summed E-state index contributed by atoms with van der Waals surface area (Å²) in [6.07, 6.45) is -1.65. The molecule has 4 rings (SSSR count). The quantitative estimate of drug-likeness (QED) is 0.0690. The van der Waals surface area contributed by atoms with Crippen molar-refractivity contribution in [2.75, 3.05) is 37.4 Å². The minimum atomic E-state index is -4.38. The molecule has 0 aliphatic carbocycles. The predicted octanol–water partition coefficient (Wildman–Crippen LogP) is 7.06. The number of alkyl halides is 3. The summed E-state index contributed by atoms with van der Waals surface area (Å²) in [5, 5.41) is 18.8. The molecule has 50 heavy (non-hydrogen) atoms. The molecule has 0 bridgehead atoms. The van der Waals surface area contributed by atoms with Crippen LogP contribution in [0, 0.1) is 0 Å². The average Bonchev–Trinajstić information content (AvgIpc) is 3.06. The maximum atomic E-state index is 12.9. The molecular formula is C37H44F3N7O3. The molecule has 0 saturated heterocycles. The van der Waals surface area contributed by atoms with Crippen LogP contribution in [0.5, 0.6) is 5.75 Å². The first-order valence-corrected chi connectivity index (χ1v) is 16.3. The zero-order valence-electron chi connectivity index (χ0n) is 28.4. The highest BCUT2D eigenvalue weighted by Crippen LogP contribution is 2.33. The second kappa shape index (κ2) is 17.5. The number of nitrogens with one attached hydrogen (secondary N) is 3. The van der Waals surface area contributed by atoms with Gasteiger partial charge in [0, 0.05) is 48.3 Å². The van der Waals surface area contributed by atoms with Gasteiger partial charge in [-0.3, -0.25) is 9.69 Å². The van der Waals surface area contributed by atoms with Crippen LogP contribution in [0.1, 0.15) is 48.4 Å². The number of nitrogens with two attached hydrogens (primary N) is 1. The molecule has 3 aromatic carbocycles. The normalized spacial score (nSPS) is 12.6. The highest BCUT2D eigenvalue weighted by atomic mass is 19.4. The highest BCUT2D eigenvalue weighted by Gasteiger charge is 2.30. The molecule has 0 saturated carbocycles. The molecule has 10 nitrogen and oxygen atoms in total. The van der Waals surface area contributed by atoms with Crippen molar-refractivity contribution in [2.45, 2.75) is 51.4 Å². The first-order chi connectivity index (χ1) is 23.8. The number of halogens is 3. The first kappa shape index (κ1) is 37.7. The minimum Gasteiger partial charge on any atom is -0.491 e. The van der Waals surface area contributed by atoms with Crippen LogP contribution in [0.3, 0.4) is 0 Å². The number of nitrogens with zero attached hydrogens (tertiary/aromatic N) is 3. The third-order valence-electron chi connectivity index (χ3n) is 8.05. The van der Waals surface area contributed by atoms with Crippen LogP contribution < -0.4 is 26.4 Å². The molecule has 0 spiro atoms. The van der Waals surface area contributed by atoms with E-state index >= 15 is 0 Å². The fourth-order valence-electron chi connectivity index (χ4n) is 5.21. The van der Waals surface area contributed by atoms with E-state index in [0.717, 1.165) is 46.8 Å². The minimum absolute atomic E-state index is 0.0534. The lowest BCUT2D eigenvalue weighted by Gasteiger charge is -2.20. The number of hydrogen-bond donors (Lipinski definition) is 5. The number of carboxylic acid groups (broad SMARTS) is 1. The maximum absolute atomic E-state index is 12.9. The van der Waals surface area contributed by atoms with Gasteiger partial charge in [0.2, 0.25) is 0 Å². The van der Waals surface area contributed by atoms with Crippen molar-refractivity contribution in [1.82, 2.24) is 20.2 Å². The van der Waals surface area contributed by atoms with E-state index < -0.39 is 23.8 Å². The molecule has 4 aromatic rings. The van der Waals surface area contributed by atoms with Gasteiger partial charge in [0.05, 0.1) is 12.1 Å². The van der Waals surface area contributed by atoms with Gasteiger partial charge in [-0.1, -0.05) is 50.8 Å². The second-order valence-electron chi connectivity index (χ2n) is 12.2. The number of aliphatic carboxylic acids is 1. The Hall–Kier alpha value is -5.14. The number of rotatable bonds is 18. The molecule has 0 amide bonds. The summed E-state index contributed by atoms with van der Waals surface area (Å²) in [6.45, 7) is 9.44. The largest absolute Gasteiger partial charge is 0.491 e. The van der Waals surface area contributed by atoms with E-state index in [1.54, 1.807) is 18.0 Å². The monoisotopic (exact) mass is 691 g/mol. The van der Waals surface area contributed by atoms with Gasteiger partial charge >= 0.3 is 12.1 Å². The van der Waals surface area contributed by atoms with Gasteiger partial charge < -0.3 is 31.5 Å². The molecule has 13 heteroatoms. The first-order valence-electron chi connectivity index (χ1n) is 16.3. The number of benzene rings is 3. The van der Waals surface area contributed by atoms with Crippen LogP contribution >= 0.6 is 0 Å². The van der Waals surface area contributed by atoms with E-state index in [9.17, 15) is 18.0 Å². The van der Waals surface area contributed by atoms with Crippen LogP contribution in [-0.2, 0) is 23.9 Å². The molecule has 0 aliphatic heterocycles. The molecule has 6 N–H and O–H groups in total. The number of carbonyl (C=O) groups is 1. The third kappa shape index (κ3) is 11.5. The Morgan fingerprint density at radius 2 is 1.68 bits per heavy atom. The summed E-state index contributed by atoms with van der Waals surface area (Å²) in [4.78, 5) is 21.5. The number of ether oxygens (including phenoxy) is 1. The van der Waals surface area contributed by atoms with Crippen LogP contribution in [0.25, 0.3) is 0 Å². The fraction of sp³-hybridized carbons (Fsp3) is 0.324. The summed E-state index contributed by atoms with van der Waals surface area (Å²) in [6, 6.07) is 19.9. The van der Waals surface area contributed by atoms with Crippen LogP contribution in [0.2, 0.25) is 0 Å². The van der Waals surface area contributed by atoms with Crippen LogP contribution in [0.4, 0.5) is 36.2 Å². The SMILES string of the molecule is C=C(NCCOc1cc(Nc2cc(Nc3cccc(CN(C)CC(=O)O)c3)ncn2)ccc1C(C)CC)[C@@H](N)Cc1ccc(C(F)(F)F)cc1.